The molecule has 6 heteroatoms. The first-order valence-corrected chi connectivity index (χ1v) is 5.88. The van der Waals surface area contributed by atoms with Gasteiger partial charge in [0.15, 0.2) is 0 Å². The Hall–Kier alpha value is -0.580. The molecular formula is C10H13Cl2N3O. The molecule has 0 unspecified atom stereocenters. The number of nitrogens with one attached hydrogen (secondary N) is 1. The van der Waals surface area contributed by atoms with Crippen LogP contribution in [0.15, 0.2) is 6.20 Å². The van der Waals surface area contributed by atoms with E-state index in [0.717, 1.165) is 12.8 Å². The molecule has 88 valence electrons. The van der Waals surface area contributed by atoms with Gasteiger partial charge in [0.1, 0.15) is 10.8 Å². The van der Waals surface area contributed by atoms with Gasteiger partial charge in [0.25, 0.3) is 0 Å². The van der Waals surface area contributed by atoms with Gasteiger partial charge < -0.3 is 10.1 Å². The molecule has 1 heterocycles. The molecule has 1 aliphatic carbocycles. The molecule has 4 nitrogen and oxygen atoms in total. The molecule has 1 saturated carbocycles. The number of ether oxygens (including phenoxy) is 1. The third-order valence-electron chi connectivity index (χ3n) is 2.99. The fraction of sp³-hybridized carbons (Fsp3) is 0.600. The van der Waals surface area contributed by atoms with Crippen molar-refractivity contribution in [3.8, 4) is 0 Å². The molecule has 1 aromatic rings. The lowest BCUT2D eigenvalue weighted by atomic mass is 9.80. The van der Waals surface area contributed by atoms with Crippen LogP contribution in [0.4, 0.5) is 5.82 Å². The maximum Gasteiger partial charge on any atom is 0.224 e. The Balaban J connectivity index is 2.01. The van der Waals surface area contributed by atoms with Crippen LogP contribution in [0.25, 0.3) is 0 Å². The molecule has 0 radical (unpaired) electrons. The molecule has 0 amide bonds. The third kappa shape index (κ3) is 2.39. The zero-order chi connectivity index (χ0) is 11.6. The first-order valence-electron chi connectivity index (χ1n) is 5.12. The van der Waals surface area contributed by atoms with Gasteiger partial charge in [0, 0.05) is 13.7 Å². The minimum atomic E-state index is -0.0687. The monoisotopic (exact) mass is 261 g/mol. The van der Waals surface area contributed by atoms with Gasteiger partial charge in [0.2, 0.25) is 5.28 Å². The van der Waals surface area contributed by atoms with Crippen molar-refractivity contribution in [1.82, 2.24) is 9.97 Å². The lowest BCUT2D eigenvalue weighted by molar-refractivity contribution is -0.0601. The highest BCUT2D eigenvalue weighted by Gasteiger charge is 2.36. The van der Waals surface area contributed by atoms with Crippen LogP contribution in [0, 0.1) is 0 Å². The molecule has 0 aromatic carbocycles. The number of methoxy groups -OCH3 is 1. The predicted octanol–water partition coefficient (Wildman–Crippen LogP) is 2.76. The summed E-state index contributed by atoms with van der Waals surface area (Å²) in [6, 6.07) is 0. The fourth-order valence-electron chi connectivity index (χ4n) is 1.74. The van der Waals surface area contributed by atoms with Crippen molar-refractivity contribution < 1.29 is 4.74 Å². The van der Waals surface area contributed by atoms with E-state index in [2.05, 4.69) is 15.3 Å². The van der Waals surface area contributed by atoms with Crippen molar-refractivity contribution in [2.75, 3.05) is 19.0 Å². The van der Waals surface area contributed by atoms with Crippen LogP contribution in [0.5, 0.6) is 0 Å². The van der Waals surface area contributed by atoms with Crippen molar-refractivity contribution in [2.24, 2.45) is 0 Å². The highest BCUT2D eigenvalue weighted by Crippen LogP contribution is 2.35. The van der Waals surface area contributed by atoms with Gasteiger partial charge in [0.05, 0.1) is 11.8 Å². The Morgan fingerprint density at radius 3 is 2.81 bits per heavy atom. The Kier molecular flexibility index (Phi) is 3.52. The molecule has 0 aliphatic heterocycles. The van der Waals surface area contributed by atoms with Gasteiger partial charge in [-0.2, -0.15) is 4.98 Å². The largest absolute Gasteiger partial charge is 0.376 e. The van der Waals surface area contributed by atoms with E-state index >= 15 is 0 Å². The second-order valence-corrected chi connectivity index (χ2v) is 4.68. The van der Waals surface area contributed by atoms with Crippen LogP contribution in [0.1, 0.15) is 19.3 Å². The summed E-state index contributed by atoms with van der Waals surface area (Å²) in [5.74, 6) is 0.560. The van der Waals surface area contributed by atoms with E-state index in [1.165, 1.54) is 12.6 Å². The standard InChI is InChI=1S/C10H13Cl2N3O/c1-16-10(3-2-4-10)6-14-8-7(11)5-13-9(12)15-8/h5H,2-4,6H2,1H3,(H,13,14,15). The number of nitrogens with zero attached hydrogens (tertiary/aromatic N) is 2. The summed E-state index contributed by atoms with van der Waals surface area (Å²) < 4.78 is 5.48. The molecule has 0 spiro atoms. The third-order valence-corrected chi connectivity index (χ3v) is 3.45. The van der Waals surface area contributed by atoms with Gasteiger partial charge in [-0.1, -0.05) is 11.6 Å². The van der Waals surface area contributed by atoms with E-state index in [-0.39, 0.29) is 10.9 Å². The van der Waals surface area contributed by atoms with Gasteiger partial charge >= 0.3 is 0 Å². The first-order chi connectivity index (χ1) is 7.65. The van der Waals surface area contributed by atoms with Crippen LogP contribution >= 0.6 is 23.2 Å². The summed E-state index contributed by atoms with van der Waals surface area (Å²) in [6.45, 7) is 0.691. The first kappa shape index (κ1) is 11.9. The Morgan fingerprint density at radius 2 is 2.25 bits per heavy atom. The van der Waals surface area contributed by atoms with Crippen molar-refractivity contribution in [1.29, 1.82) is 0 Å². The summed E-state index contributed by atoms with van der Waals surface area (Å²) in [5, 5.41) is 3.81. The molecule has 1 aliphatic rings. The van der Waals surface area contributed by atoms with Crippen molar-refractivity contribution in [2.45, 2.75) is 24.9 Å². The molecule has 0 atom stereocenters. The lowest BCUT2D eigenvalue weighted by Gasteiger charge is -2.40. The van der Waals surface area contributed by atoms with E-state index in [1.54, 1.807) is 7.11 Å². The fourth-order valence-corrected chi connectivity index (χ4v) is 2.03. The number of anilines is 1. The Bertz CT molecular complexity index is 377. The van der Waals surface area contributed by atoms with E-state index in [4.69, 9.17) is 27.9 Å². The molecule has 0 bridgehead atoms. The van der Waals surface area contributed by atoms with Gasteiger partial charge in [-0.05, 0) is 30.9 Å². The molecule has 1 fully saturated rings. The number of halogens is 2. The average molecular weight is 262 g/mol. The van der Waals surface area contributed by atoms with Gasteiger partial charge in [-0.3, -0.25) is 0 Å². The van der Waals surface area contributed by atoms with Crippen LogP contribution in [-0.2, 0) is 4.74 Å². The highest BCUT2D eigenvalue weighted by molar-refractivity contribution is 6.33. The van der Waals surface area contributed by atoms with Crippen molar-refractivity contribution in [3.63, 3.8) is 0 Å². The smallest absolute Gasteiger partial charge is 0.224 e. The molecule has 2 rings (SSSR count). The highest BCUT2D eigenvalue weighted by atomic mass is 35.5. The predicted molar refractivity (Wildman–Crippen MR) is 64.1 cm³/mol. The summed E-state index contributed by atoms with van der Waals surface area (Å²) in [5.41, 5.74) is -0.0687. The zero-order valence-electron chi connectivity index (χ0n) is 8.96. The quantitative estimate of drug-likeness (QED) is 0.847. The summed E-state index contributed by atoms with van der Waals surface area (Å²) in [6.07, 6.45) is 4.81. The molecule has 1 N–H and O–H groups in total. The minimum absolute atomic E-state index is 0.0687. The molecule has 0 saturated heterocycles. The number of aromatic nitrogens is 2. The van der Waals surface area contributed by atoms with E-state index in [0.29, 0.717) is 17.4 Å². The molecule has 16 heavy (non-hydrogen) atoms. The Morgan fingerprint density at radius 1 is 1.50 bits per heavy atom. The summed E-state index contributed by atoms with van der Waals surface area (Å²) in [7, 11) is 1.73. The van der Waals surface area contributed by atoms with Crippen LogP contribution in [0.2, 0.25) is 10.3 Å². The van der Waals surface area contributed by atoms with Crippen LogP contribution < -0.4 is 5.32 Å². The average Bonchev–Trinajstić information content (AvgIpc) is 2.22. The molecule has 1 aromatic heterocycles. The summed E-state index contributed by atoms with van der Waals surface area (Å²) >= 11 is 11.6. The SMILES string of the molecule is COC1(CNc2nc(Cl)ncc2Cl)CCC1. The van der Waals surface area contributed by atoms with E-state index < -0.39 is 0 Å². The maximum absolute atomic E-state index is 5.94. The molecular weight excluding hydrogens is 249 g/mol. The van der Waals surface area contributed by atoms with Crippen LogP contribution in [-0.4, -0.2) is 29.2 Å². The van der Waals surface area contributed by atoms with Gasteiger partial charge in [-0.25, -0.2) is 4.98 Å². The van der Waals surface area contributed by atoms with E-state index in [1.807, 2.05) is 0 Å². The van der Waals surface area contributed by atoms with Crippen molar-refractivity contribution >= 4 is 29.0 Å². The van der Waals surface area contributed by atoms with Crippen molar-refractivity contribution in [3.05, 3.63) is 16.5 Å². The normalized spacial score (nSPS) is 17.9. The van der Waals surface area contributed by atoms with Gasteiger partial charge in [-0.15, -0.1) is 0 Å². The topological polar surface area (TPSA) is 47.0 Å². The van der Waals surface area contributed by atoms with Crippen LogP contribution in [0.3, 0.4) is 0 Å². The second-order valence-electron chi connectivity index (χ2n) is 3.93. The van der Waals surface area contributed by atoms with E-state index in [9.17, 15) is 0 Å². The number of hydrogen-bond acceptors (Lipinski definition) is 4. The lowest BCUT2D eigenvalue weighted by Crippen LogP contribution is -2.45. The zero-order valence-corrected chi connectivity index (χ0v) is 10.5. The second kappa shape index (κ2) is 4.73. The number of hydrogen-bond donors (Lipinski definition) is 1. The number of rotatable bonds is 4. The maximum atomic E-state index is 5.94. The minimum Gasteiger partial charge on any atom is -0.376 e. The Labute approximate surface area is 104 Å². The summed E-state index contributed by atoms with van der Waals surface area (Å²) in [4.78, 5) is 7.81.